The van der Waals surface area contributed by atoms with Crippen LogP contribution < -0.4 is 0 Å². The van der Waals surface area contributed by atoms with Gasteiger partial charge in [0.25, 0.3) is 0 Å². The fourth-order valence-corrected chi connectivity index (χ4v) is 4.53. The molecule has 1 saturated carbocycles. The molecular weight excluding hydrogens is 335 g/mol. The molecule has 1 N–H and O–H groups in total. The molecule has 7 heteroatoms. The third-order valence-corrected chi connectivity index (χ3v) is 5.93. The number of H-pyrrole nitrogens is 1. The van der Waals surface area contributed by atoms with Gasteiger partial charge in [-0.15, -0.1) is 0 Å². The minimum atomic E-state index is -0.551. The first-order valence-electron chi connectivity index (χ1n) is 9.08. The Bertz CT molecular complexity index is 756. The molecule has 1 aromatic heterocycles. The quantitative estimate of drug-likeness (QED) is 0.911. The summed E-state index contributed by atoms with van der Waals surface area (Å²) in [6.07, 6.45) is 5.22. The molecule has 138 valence electrons. The first-order chi connectivity index (χ1) is 12.6. The van der Waals surface area contributed by atoms with Crippen molar-refractivity contribution < 1.29 is 13.9 Å². The Morgan fingerprint density at radius 2 is 2.00 bits per heavy atom. The standard InChI is InChI=1S/C19H23FN4O2/c1-26-17-12-24(11-15(17)16-10-21-23-22-16)18(25)19(8-2-3-9-19)13-4-6-14(20)7-5-13/h4-7,10,15,17H,2-3,8-9,11-12H2,1H3,(H,21,22,23)/t15-,17+/m0/s1. The van der Waals surface area contributed by atoms with Gasteiger partial charge in [-0.3, -0.25) is 4.79 Å². The number of nitrogens with zero attached hydrogens (tertiary/aromatic N) is 3. The van der Waals surface area contributed by atoms with E-state index in [-0.39, 0.29) is 23.7 Å². The Balaban J connectivity index is 1.62. The number of hydrogen-bond acceptors (Lipinski definition) is 4. The zero-order valence-corrected chi connectivity index (χ0v) is 14.8. The summed E-state index contributed by atoms with van der Waals surface area (Å²) in [4.78, 5) is 15.5. The lowest BCUT2D eigenvalue weighted by molar-refractivity contribution is -0.136. The fraction of sp³-hybridized carbons (Fsp3) is 0.526. The maximum absolute atomic E-state index is 13.6. The molecule has 1 saturated heterocycles. The largest absolute Gasteiger partial charge is 0.379 e. The summed E-state index contributed by atoms with van der Waals surface area (Å²) in [6, 6.07) is 6.42. The number of carbonyl (C=O) groups is 1. The highest BCUT2D eigenvalue weighted by Crippen LogP contribution is 2.44. The molecule has 0 radical (unpaired) electrons. The highest BCUT2D eigenvalue weighted by Gasteiger charge is 2.48. The number of nitrogens with one attached hydrogen (secondary N) is 1. The average molecular weight is 358 g/mol. The van der Waals surface area contributed by atoms with E-state index in [0.29, 0.717) is 13.1 Å². The van der Waals surface area contributed by atoms with Gasteiger partial charge in [-0.05, 0) is 30.5 Å². The number of benzene rings is 1. The van der Waals surface area contributed by atoms with Crippen LogP contribution in [0.2, 0.25) is 0 Å². The molecule has 0 bridgehead atoms. The molecule has 2 aliphatic rings. The van der Waals surface area contributed by atoms with Crippen molar-refractivity contribution >= 4 is 5.91 Å². The van der Waals surface area contributed by atoms with E-state index in [1.54, 1.807) is 25.4 Å². The van der Waals surface area contributed by atoms with Crippen LogP contribution in [0.4, 0.5) is 4.39 Å². The molecule has 1 aromatic carbocycles. The second kappa shape index (κ2) is 6.79. The third kappa shape index (κ3) is 2.80. The smallest absolute Gasteiger partial charge is 0.233 e. The lowest BCUT2D eigenvalue weighted by atomic mass is 9.77. The highest BCUT2D eigenvalue weighted by atomic mass is 19.1. The third-order valence-electron chi connectivity index (χ3n) is 5.93. The van der Waals surface area contributed by atoms with Crippen molar-refractivity contribution in [1.29, 1.82) is 0 Å². The Labute approximate surface area is 151 Å². The lowest BCUT2D eigenvalue weighted by Gasteiger charge is -2.33. The highest BCUT2D eigenvalue weighted by molar-refractivity contribution is 5.89. The van der Waals surface area contributed by atoms with Gasteiger partial charge in [-0.25, -0.2) is 4.39 Å². The molecule has 2 aromatic rings. The van der Waals surface area contributed by atoms with Crippen LogP contribution in [0.15, 0.2) is 30.5 Å². The normalized spacial score (nSPS) is 24.9. The maximum Gasteiger partial charge on any atom is 0.233 e. The van der Waals surface area contributed by atoms with Gasteiger partial charge in [0.2, 0.25) is 5.91 Å². The van der Waals surface area contributed by atoms with Crippen molar-refractivity contribution in [2.75, 3.05) is 20.2 Å². The van der Waals surface area contributed by atoms with Gasteiger partial charge in [0.05, 0.1) is 29.3 Å². The molecule has 4 rings (SSSR count). The summed E-state index contributed by atoms with van der Waals surface area (Å²) < 4.78 is 19.0. The minimum absolute atomic E-state index is 0.00868. The van der Waals surface area contributed by atoms with Crippen LogP contribution in [0, 0.1) is 5.82 Å². The fourth-order valence-electron chi connectivity index (χ4n) is 4.53. The molecular formula is C19H23FN4O2. The van der Waals surface area contributed by atoms with Crippen molar-refractivity contribution in [3.05, 3.63) is 47.5 Å². The molecule has 2 fully saturated rings. The molecule has 2 atom stereocenters. The van der Waals surface area contributed by atoms with Crippen LogP contribution >= 0.6 is 0 Å². The summed E-state index contributed by atoms with van der Waals surface area (Å²) in [5.41, 5.74) is 1.18. The second-order valence-corrected chi connectivity index (χ2v) is 7.28. The zero-order chi connectivity index (χ0) is 18.1. The summed E-state index contributed by atoms with van der Waals surface area (Å²) >= 11 is 0. The summed E-state index contributed by atoms with van der Waals surface area (Å²) in [5, 5.41) is 10.7. The number of aromatic nitrogens is 3. The number of methoxy groups -OCH3 is 1. The Morgan fingerprint density at radius 1 is 1.27 bits per heavy atom. The number of aromatic amines is 1. The van der Waals surface area contributed by atoms with Crippen molar-refractivity contribution in [2.45, 2.75) is 43.1 Å². The minimum Gasteiger partial charge on any atom is -0.379 e. The molecule has 1 aliphatic heterocycles. The van der Waals surface area contributed by atoms with E-state index >= 15 is 0 Å². The van der Waals surface area contributed by atoms with Crippen LogP contribution in [-0.2, 0) is 14.9 Å². The monoisotopic (exact) mass is 358 g/mol. The van der Waals surface area contributed by atoms with Gasteiger partial charge in [0, 0.05) is 20.2 Å². The van der Waals surface area contributed by atoms with E-state index in [0.717, 1.165) is 36.9 Å². The Morgan fingerprint density at radius 3 is 2.62 bits per heavy atom. The number of hydrogen-bond donors (Lipinski definition) is 1. The Hall–Kier alpha value is -2.28. The molecule has 26 heavy (non-hydrogen) atoms. The van der Waals surface area contributed by atoms with E-state index in [1.807, 2.05) is 4.90 Å². The van der Waals surface area contributed by atoms with Gasteiger partial charge < -0.3 is 9.64 Å². The van der Waals surface area contributed by atoms with E-state index in [2.05, 4.69) is 15.4 Å². The number of halogens is 1. The van der Waals surface area contributed by atoms with E-state index < -0.39 is 5.41 Å². The van der Waals surface area contributed by atoms with Gasteiger partial charge in [0.15, 0.2) is 0 Å². The number of ether oxygens (including phenoxy) is 1. The van der Waals surface area contributed by atoms with E-state index in [1.165, 1.54) is 12.1 Å². The summed E-state index contributed by atoms with van der Waals surface area (Å²) in [6.45, 7) is 1.10. The SMILES string of the molecule is CO[C@@H]1CN(C(=O)C2(c3ccc(F)cc3)CCCC2)C[C@H]1c1cn[nH]n1. The van der Waals surface area contributed by atoms with E-state index in [9.17, 15) is 9.18 Å². The van der Waals surface area contributed by atoms with Crippen molar-refractivity contribution in [2.24, 2.45) is 0 Å². The first kappa shape index (κ1) is 17.1. The van der Waals surface area contributed by atoms with Crippen LogP contribution in [0.5, 0.6) is 0 Å². The second-order valence-electron chi connectivity index (χ2n) is 7.28. The molecule has 0 unspecified atom stereocenters. The molecule has 6 nitrogen and oxygen atoms in total. The van der Waals surface area contributed by atoms with Crippen LogP contribution in [0.3, 0.4) is 0 Å². The van der Waals surface area contributed by atoms with Crippen LogP contribution in [0.1, 0.15) is 42.9 Å². The van der Waals surface area contributed by atoms with Crippen LogP contribution in [0.25, 0.3) is 0 Å². The molecule has 2 heterocycles. The first-order valence-corrected chi connectivity index (χ1v) is 9.08. The Kier molecular flexibility index (Phi) is 4.48. The van der Waals surface area contributed by atoms with E-state index in [4.69, 9.17) is 4.74 Å². The maximum atomic E-state index is 13.6. The van der Waals surface area contributed by atoms with Gasteiger partial charge in [0.1, 0.15) is 5.82 Å². The average Bonchev–Trinajstić information content (AvgIpc) is 3.41. The lowest BCUT2D eigenvalue weighted by Crippen LogP contribution is -2.45. The summed E-state index contributed by atoms with van der Waals surface area (Å²) in [5.74, 6) is -0.148. The van der Waals surface area contributed by atoms with Crippen molar-refractivity contribution in [3.8, 4) is 0 Å². The number of likely N-dealkylation sites (tertiary alicyclic amines) is 1. The van der Waals surface area contributed by atoms with Crippen molar-refractivity contribution in [1.82, 2.24) is 20.3 Å². The summed E-state index contributed by atoms with van der Waals surface area (Å²) in [7, 11) is 1.66. The van der Waals surface area contributed by atoms with Gasteiger partial charge in [-0.1, -0.05) is 25.0 Å². The van der Waals surface area contributed by atoms with Crippen LogP contribution in [-0.4, -0.2) is 52.5 Å². The van der Waals surface area contributed by atoms with Crippen molar-refractivity contribution in [3.63, 3.8) is 0 Å². The number of amides is 1. The number of rotatable bonds is 4. The molecule has 1 aliphatic carbocycles. The zero-order valence-electron chi connectivity index (χ0n) is 14.8. The number of carbonyl (C=O) groups excluding carboxylic acids is 1. The van der Waals surface area contributed by atoms with Gasteiger partial charge in [-0.2, -0.15) is 15.4 Å². The van der Waals surface area contributed by atoms with Gasteiger partial charge >= 0.3 is 0 Å². The molecule has 1 amide bonds. The topological polar surface area (TPSA) is 71.1 Å². The predicted octanol–water partition coefficient (Wildman–Crippen LogP) is 2.40. The predicted molar refractivity (Wildman–Crippen MR) is 93.0 cm³/mol. The molecule has 0 spiro atoms.